The van der Waals surface area contributed by atoms with Crippen LogP contribution in [0.4, 0.5) is 5.82 Å². The third kappa shape index (κ3) is 5.94. The Morgan fingerprint density at radius 1 is 1.11 bits per heavy atom. The van der Waals surface area contributed by atoms with Crippen LogP contribution in [0, 0.1) is 6.92 Å². The van der Waals surface area contributed by atoms with Crippen LogP contribution in [0.3, 0.4) is 0 Å². The van der Waals surface area contributed by atoms with Gasteiger partial charge in [-0.3, -0.25) is 4.98 Å². The molecule has 0 atom stereocenters. The fourth-order valence-electron chi connectivity index (χ4n) is 2.15. The molecule has 0 aliphatic heterocycles. The van der Waals surface area contributed by atoms with E-state index in [1.54, 1.807) is 37.5 Å². The summed E-state index contributed by atoms with van der Waals surface area (Å²) in [7, 11) is 1.26. The fourth-order valence-corrected chi connectivity index (χ4v) is 2.15. The molecule has 0 saturated carbocycles. The molecule has 2 N–H and O–H groups in total. The Morgan fingerprint density at radius 3 is 2.57 bits per heavy atom. The smallest absolute Gasteiger partial charge is 0.355 e. The highest BCUT2D eigenvalue weighted by molar-refractivity contribution is 6.15. The van der Waals surface area contributed by atoms with Crippen LogP contribution in [0.1, 0.15) is 18.2 Å². The number of hydrogen-bond acceptors (Lipinski definition) is 8. The number of nitrogens with one attached hydrogen (secondary N) is 2. The number of carbonyl (C=O) groups is 2. The maximum atomic E-state index is 12.3. The van der Waals surface area contributed by atoms with Gasteiger partial charge in [-0.25, -0.2) is 14.6 Å². The van der Waals surface area contributed by atoms with E-state index in [0.29, 0.717) is 11.5 Å². The van der Waals surface area contributed by atoms with E-state index in [9.17, 15) is 9.59 Å². The molecular weight excluding hydrogens is 360 g/mol. The van der Waals surface area contributed by atoms with Crippen LogP contribution in [0.25, 0.3) is 5.57 Å². The van der Waals surface area contributed by atoms with Gasteiger partial charge in [0.1, 0.15) is 17.1 Å². The maximum absolute atomic E-state index is 12.3. The number of hydrogen-bond donors (Lipinski definition) is 2. The minimum absolute atomic E-state index is 0.0727. The average molecular weight is 382 g/mol. The van der Waals surface area contributed by atoms with E-state index < -0.39 is 11.9 Å². The molecule has 0 fully saturated rings. The molecule has 2 rings (SSSR count). The molecule has 0 aliphatic carbocycles. The van der Waals surface area contributed by atoms with Crippen molar-refractivity contribution in [2.24, 2.45) is 0 Å². The Balaban J connectivity index is 2.28. The Kier molecular flexibility index (Phi) is 7.71. The van der Waals surface area contributed by atoms with E-state index in [-0.39, 0.29) is 17.9 Å². The van der Waals surface area contributed by atoms with Crippen LogP contribution in [0.5, 0.6) is 0 Å². The van der Waals surface area contributed by atoms with Crippen molar-refractivity contribution in [2.45, 2.75) is 13.8 Å². The van der Waals surface area contributed by atoms with Crippen molar-refractivity contribution in [3.05, 3.63) is 72.1 Å². The number of methoxy groups -OCH3 is 1. The number of ether oxygens (including phenoxy) is 2. The number of carbonyl (C=O) groups excluding carboxylic acids is 2. The normalized spacial score (nSPS) is 11.5. The lowest BCUT2D eigenvalue weighted by Gasteiger charge is -2.10. The molecule has 0 spiro atoms. The van der Waals surface area contributed by atoms with Gasteiger partial charge in [0.05, 0.1) is 19.4 Å². The summed E-state index contributed by atoms with van der Waals surface area (Å²) in [6, 6.07) is 8.82. The van der Waals surface area contributed by atoms with Crippen LogP contribution in [0.15, 0.2) is 60.8 Å². The summed E-state index contributed by atoms with van der Waals surface area (Å²) in [5, 5.41) is 5.71. The molecule has 0 radical (unpaired) electrons. The number of aryl methyl sites for hydroxylation is 1. The minimum atomic E-state index is -0.624. The Morgan fingerprint density at radius 2 is 1.93 bits per heavy atom. The predicted octanol–water partition coefficient (Wildman–Crippen LogP) is 2.41. The second-order valence-electron chi connectivity index (χ2n) is 5.55. The molecule has 0 amide bonds. The number of nitrogens with zero attached hydrogens (tertiary/aromatic N) is 2. The van der Waals surface area contributed by atoms with Crippen molar-refractivity contribution >= 4 is 23.3 Å². The van der Waals surface area contributed by atoms with E-state index in [1.807, 2.05) is 19.1 Å². The standard InChI is InChI=1S/C20H22N4O4/c1-4-28-19(25)15(16-7-5-6-9-21-16)12-23-17(20(26)27-3)13-24-18-11-14(2)8-10-22-18/h5-13,23H,4H2,1-3H3,(H,22,24)/b15-12+,17-13-. The number of rotatable bonds is 8. The molecule has 2 aromatic rings. The van der Waals surface area contributed by atoms with E-state index in [4.69, 9.17) is 9.47 Å². The van der Waals surface area contributed by atoms with Crippen LogP contribution >= 0.6 is 0 Å². The van der Waals surface area contributed by atoms with Crippen molar-refractivity contribution in [2.75, 3.05) is 19.0 Å². The van der Waals surface area contributed by atoms with Crippen molar-refractivity contribution < 1.29 is 19.1 Å². The summed E-state index contributed by atoms with van der Waals surface area (Å²) >= 11 is 0. The van der Waals surface area contributed by atoms with Gasteiger partial charge in [-0.15, -0.1) is 0 Å². The molecular formula is C20H22N4O4. The fraction of sp³-hybridized carbons (Fsp3) is 0.200. The van der Waals surface area contributed by atoms with Gasteiger partial charge in [-0.05, 0) is 43.7 Å². The van der Waals surface area contributed by atoms with Gasteiger partial charge < -0.3 is 20.1 Å². The highest BCUT2D eigenvalue weighted by Gasteiger charge is 2.16. The zero-order valence-electron chi connectivity index (χ0n) is 15.9. The van der Waals surface area contributed by atoms with E-state index in [0.717, 1.165) is 5.56 Å². The first-order chi connectivity index (χ1) is 13.5. The Bertz CT molecular complexity index is 879. The number of anilines is 1. The van der Waals surface area contributed by atoms with Crippen LogP contribution in [-0.2, 0) is 19.1 Å². The molecule has 2 aromatic heterocycles. The zero-order chi connectivity index (χ0) is 20.4. The van der Waals surface area contributed by atoms with Crippen LogP contribution in [-0.4, -0.2) is 35.6 Å². The molecule has 0 saturated heterocycles. The van der Waals surface area contributed by atoms with Gasteiger partial charge >= 0.3 is 11.9 Å². The average Bonchev–Trinajstić information content (AvgIpc) is 2.71. The quantitative estimate of drug-likeness (QED) is 0.530. The van der Waals surface area contributed by atoms with Crippen LogP contribution in [0.2, 0.25) is 0 Å². The largest absolute Gasteiger partial charge is 0.464 e. The Hall–Kier alpha value is -3.68. The lowest BCUT2D eigenvalue weighted by Crippen LogP contribution is -2.20. The molecule has 0 unspecified atom stereocenters. The third-order valence-electron chi connectivity index (χ3n) is 3.49. The first kappa shape index (κ1) is 20.6. The van der Waals surface area contributed by atoms with Gasteiger partial charge in [-0.1, -0.05) is 6.07 Å². The molecule has 28 heavy (non-hydrogen) atoms. The topological polar surface area (TPSA) is 102 Å². The van der Waals surface area contributed by atoms with Gasteiger partial charge in [0.15, 0.2) is 0 Å². The van der Waals surface area contributed by atoms with Gasteiger partial charge in [0.2, 0.25) is 0 Å². The predicted molar refractivity (Wildman–Crippen MR) is 105 cm³/mol. The SMILES string of the molecule is CCOC(=O)/C(=C/N/C(=C\Nc1cc(C)ccn1)C(=O)OC)c1ccccn1. The van der Waals surface area contributed by atoms with E-state index in [1.165, 1.54) is 19.5 Å². The summed E-state index contributed by atoms with van der Waals surface area (Å²) in [4.78, 5) is 32.7. The van der Waals surface area contributed by atoms with Gasteiger partial charge in [0.25, 0.3) is 0 Å². The lowest BCUT2D eigenvalue weighted by atomic mass is 10.2. The van der Waals surface area contributed by atoms with Crippen LogP contribution < -0.4 is 10.6 Å². The van der Waals surface area contributed by atoms with E-state index in [2.05, 4.69) is 20.6 Å². The molecule has 0 bridgehead atoms. The van der Waals surface area contributed by atoms with Crippen molar-refractivity contribution in [1.82, 2.24) is 15.3 Å². The molecule has 8 heteroatoms. The number of esters is 2. The highest BCUT2D eigenvalue weighted by atomic mass is 16.5. The summed E-state index contributed by atoms with van der Waals surface area (Å²) in [6.45, 7) is 3.85. The second-order valence-corrected chi connectivity index (χ2v) is 5.55. The van der Waals surface area contributed by atoms with Crippen molar-refractivity contribution in [3.63, 3.8) is 0 Å². The lowest BCUT2D eigenvalue weighted by molar-refractivity contribution is -0.137. The zero-order valence-corrected chi connectivity index (χ0v) is 15.9. The maximum Gasteiger partial charge on any atom is 0.355 e. The summed E-state index contributed by atoms with van der Waals surface area (Å²) in [5.74, 6) is -0.630. The summed E-state index contributed by atoms with van der Waals surface area (Å²) in [5.41, 5.74) is 1.67. The number of pyridine rings is 2. The summed E-state index contributed by atoms with van der Waals surface area (Å²) in [6.07, 6.45) is 5.97. The van der Waals surface area contributed by atoms with Gasteiger partial charge in [0, 0.05) is 24.8 Å². The molecule has 2 heterocycles. The highest BCUT2D eigenvalue weighted by Crippen LogP contribution is 2.13. The Labute approximate surface area is 163 Å². The number of aromatic nitrogens is 2. The molecule has 146 valence electrons. The third-order valence-corrected chi connectivity index (χ3v) is 3.49. The molecule has 0 aromatic carbocycles. The van der Waals surface area contributed by atoms with Gasteiger partial charge in [-0.2, -0.15) is 0 Å². The van der Waals surface area contributed by atoms with E-state index >= 15 is 0 Å². The molecule has 8 nitrogen and oxygen atoms in total. The second kappa shape index (κ2) is 10.5. The first-order valence-electron chi connectivity index (χ1n) is 8.58. The molecule has 0 aliphatic rings. The van der Waals surface area contributed by atoms with Crippen molar-refractivity contribution in [3.8, 4) is 0 Å². The summed E-state index contributed by atoms with van der Waals surface area (Å²) < 4.78 is 9.85. The van der Waals surface area contributed by atoms with Crippen molar-refractivity contribution in [1.29, 1.82) is 0 Å². The monoisotopic (exact) mass is 382 g/mol. The minimum Gasteiger partial charge on any atom is -0.464 e. The first-order valence-corrected chi connectivity index (χ1v) is 8.58.